The number of alkyl halides is 4. The summed E-state index contributed by atoms with van der Waals surface area (Å²) in [5, 5.41) is -0.0521. The van der Waals surface area contributed by atoms with Crippen molar-refractivity contribution in [1.29, 1.82) is 0 Å². The maximum absolute atomic E-state index is 13.3. The Morgan fingerprint density at radius 3 is 2.37 bits per heavy atom. The molecule has 8 heteroatoms. The van der Waals surface area contributed by atoms with Gasteiger partial charge in [-0.25, -0.2) is 18.7 Å². The van der Waals surface area contributed by atoms with Gasteiger partial charge in [-0.15, -0.1) is 0 Å². The van der Waals surface area contributed by atoms with E-state index < -0.39 is 18.2 Å². The van der Waals surface area contributed by atoms with Gasteiger partial charge in [-0.1, -0.05) is 29.3 Å². The lowest BCUT2D eigenvalue weighted by atomic mass is 10.1. The molecule has 1 aromatic heterocycles. The molecular weight excluding hydrogens is 307 g/mol. The molecule has 2 aromatic rings. The number of aromatic nitrogens is 2. The normalized spacial score (nSPS) is 12.4. The summed E-state index contributed by atoms with van der Waals surface area (Å²) in [6.07, 6.45) is -3.92. The number of rotatable bonds is 2. The third-order valence-corrected chi connectivity index (χ3v) is 3.12. The third kappa shape index (κ3) is 2.34. The number of nitrogens with zero attached hydrogens (tertiary/aromatic N) is 2. The first-order valence-electron chi connectivity index (χ1n) is 5.04. The van der Waals surface area contributed by atoms with E-state index in [9.17, 15) is 17.6 Å². The quantitative estimate of drug-likeness (QED) is 0.598. The summed E-state index contributed by atoms with van der Waals surface area (Å²) in [6.45, 7) is 1.58. The first-order valence-corrected chi connectivity index (χ1v) is 5.79. The number of hydrogen-bond donors (Lipinski definition) is 0. The molecule has 0 aliphatic carbocycles. The average Bonchev–Trinajstić information content (AvgIpc) is 2.33. The van der Waals surface area contributed by atoms with Gasteiger partial charge in [-0.3, -0.25) is 0 Å². The molecule has 0 saturated carbocycles. The molecule has 0 fully saturated rings. The van der Waals surface area contributed by atoms with Crippen LogP contribution in [0.1, 0.15) is 11.4 Å². The van der Waals surface area contributed by atoms with Gasteiger partial charge < -0.3 is 0 Å². The van der Waals surface area contributed by atoms with Crippen LogP contribution in [0.15, 0.2) is 12.1 Å². The Labute approximate surface area is 115 Å². The highest BCUT2D eigenvalue weighted by Crippen LogP contribution is 2.36. The minimum atomic E-state index is -4.47. The molecular formula is C11H6Cl2F4N2. The topological polar surface area (TPSA) is 25.8 Å². The highest BCUT2D eigenvalue weighted by molar-refractivity contribution is 6.41. The van der Waals surface area contributed by atoms with Crippen LogP contribution in [0.4, 0.5) is 17.6 Å². The highest BCUT2D eigenvalue weighted by Gasteiger charge is 2.46. The molecule has 0 spiro atoms. The van der Waals surface area contributed by atoms with Crippen LogP contribution in [-0.4, -0.2) is 16.4 Å². The first kappa shape index (κ1) is 14.3. The van der Waals surface area contributed by atoms with Crippen molar-refractivity contribution in [3.8, 4) is 0 Å². The van der Waals surface area contributed by atoms with Gasteiger partial charge in [0.1, 0.15) is 5.15 Å². The van der Waals surface area contributed by atoms with Gasteiger partial charge in [-0.2, -0.15) is 8.78 Å². The second-order valence-electron chi connectivity index (χ2n) is 3.85. The lowest BCUT2D eigenvalue weighted by molar-refractivity contribution is -0.140. The minimum absolute atomic E-state index is 0.0304. The lowest BCUT2D eigenvalue weighted by Gasteiger charge is -2.15. The standard InChI is InChI=1S/C11H6Cl2F4N2/c1-4-2-3-5(12)6-7(4)18-10(19-8(6)13)11(16,17)9(14)15/h2-3,9H,1H3. The van der Waals surface area contributed by atoms with Crippen LogP contribution in [0.5, 0.6) is 0 Å². The van der Waals surface area contributed by atoms with Crippen LogP contribution in [0.2, 0.25) is 10.2 Å². The van der Waals surface area contributed by atoms with Crippen LogP contribution >= 0.6 is 23.2 Å². The van der Waals surface area contributed by atoms with Crippen LogP contribution < -0.4 is 0 Å². The molecule has 0 amide bonds. The van der Waals surface area contributed by atoms with E-state index in [1.807, 2.05) is 0 Å². The average molecular weight is 313 g/mol. The second kappa shape index (κ2) is 4.76. The Hall–Kier alpha value is -1.14. The zero-order valence-corrected chi connectivity index (χ0v) is 10.9. The fourth-order valence-electron chi connectivity index (χ4n) is 1.54. The fraction of sp³-hybridized carbons (Fsp3) is 0.273. The van der Waals surface area contributed by atoms with E-state index in [0.717, 1.165) is 0 Å². The molecule has 19 heavy (non-hydrogen) atoms. The van der Waals surface area contributed by atoms with E-state index in [1.54, 1.807) is 6.92 Å². The van der Waals surface area contributed by atoms with E-state index in [2.05, 4.69) is 9.97 Å². The summed E-state index contributed by atoms with van der Waals surface area (Å²) in [5.74, 6) is -5.78. The van der Waals surface area contributed by atoms with Gasteiger partial charge >= 0.3 is 12.3 Å². The van der Waals surface area contributed by atoms with E-state index in [4.69, 9.17) is 23.2 Å². The Morgan fingerprint density at radius 1 is 1.16 bits per heavy atom. The summed E-state index contributed by atoms with van der Waals surface area (Å²) in [7, 11) is 0. The van der Waals surface area contributed by atoms with Gasteiger partial charge in [0.05, 0.1) is 15.9 Å². The van der Waals surface area contributed by atoms with Crippen LogP contribution in [0.3, 0.4) is 0 Å². The van der Waals surface area contributed by atoms with Crippen molar-refractivity contribution in [2.45, 2.75) is 19.3 Å². The van der Waals surface area contributed by atoms with Gasteiger partial charge in [0.15, 0.2) is 0 Å². The fourth-order valence-corrected chi connectivity index (χ4v) is 2.10. The second-order valence-corrected chi connectivity index (χ2v) is 4.61. The monoisotopic (exact) mass is 312 g/mol. The zero-order valence-electron chi connectivity index (χ0n) is 9.39. The summed E-state index contributed by atoms with van der Waals surface area (Å²) in [6, 6.07) is 3.03. The molecule has 0 N–H and O–H groups in total. The molecule has 1 aromatic carbocycles. The number of halogens is 6. The summed E-state index contributed by atoms with van der Waals surface area (Å²) in [5.41, 5.74) is 0.512. The third-order valence-electron chi connectivity index (χ3n) is 2.53. The van der Waals surface area contributed by atoms with E-state index in [1.165, 1.54) is 12.1 Å². The van der Waals surface area contributed by atoms with Crippen molar-refractivity contribution in [2.24, 2.45) is 0 Å². The molecule has 0 saturated heterocycles. The molecule has 0 unspecified atom stereocenters. The van der Waals surface area contributed by atoms with Crippen molar-refractivity contribution < 1.29 is 17.6 Å². The van der Waals surface area contributed by atoms with E-state index in [-0.39, 0.29) is 21.1 Å². The smallest absolute Gasteiger partial charge is 0.226 e. The Kier molecular flexibility index (Phi) is 3.57. The van der Waals surface area contributed by atoms with Crippen molar-refractivity contribution in [1.82, 2.24) is 9.97 Å². The molecule has 0 aliphatic heterocycles. The molecule has 0 bridgehead atoms. The maximum atomic E-state index is 13.3. The molecule has 0 aliphatic rings. The Morgan fingerprint density at radius 2 is 1.79 bits per heavy atom. The van der Waals surface area contributed by atoms with Gasteiger partial charge in [0.2, 0.25) is 5.82 Å². The van der Waals surface area contributed by atoms with Crippen LogP contribution in [-0.2, 0) is 5.92 Å². The van der Waals surface area contributed by atoms with Crippen molar-refractivity contribution >= 4 is 34.1 Å². The first-order chi connectivity index (χ1) is 8.75. The molecule has 0 atom stereocenters. The summed E-state index contributed by atoms with van der Waals surface area (Å²) >= 11 is 11.6. The SMILES string of the molecule is Cc1ccc(Cl)c2c(Cl)nc(C(F)(F)C(F)F)nc12. The molecule has 2 nitrogen and oxygen atoms in total. The predicted octanol–water partition coefficient (Wildman–Crippen LogP) is 4.60. The van der Waals surface area contributed by atoms with E-state index >= 15 is 0 Å². The van der Waals surface area contributed by atoms with Gasteiger partial charge in [0, 0.05) is 0 Å². The van der Waals surface area contributed by atoms with Crippen molar-refractivity contribution in [3.63, 3.8) is 0 Å². The van der Waals surface area contributed by atoms with Gasteiger partial charge in [0.25, 0.3) is 0 Å². The van der Waals surface area contributed by atoms with Gasteiger partial charge in [-0.05, 0) is 18.6 Å². The number of aryl methyl sites for hydroxylation is 1. The molecule has 0 radical (unpaired) electrons. The van der Waals surface area contributed by atoms with Crippen molar-refractivity contribution in [3.05, 3.63) is 33.7 Å². The molecule has 1 heterocycles. The number of benzene rings is 1. The van der Waals surface area contributed by atoms with Crippen LogP contribution in [0, 0.1) is 6.92 Å². The number of hydrogen-bond acceptors (Lipinski definition) is 2. The Bertz CT molecular complexity index is 646. The largest absolute Gasteiger partial charge is 0.365 e. The summed E-state index contributed by atoms with van der Waals surface area (Å²) < 4.78 is 51.1. The molecule has 2 rings (SSSR count). The zero-order chi connectivity index (χ0) is 14.4. The van der Waals surface area contributed by atoms with Crippen LogP contribution in [0.25, 0.3) is 10.9 Å². The lowest BCUT2D eigenvalue weighted by Crippen LogP contribution is -2.26. The Balaban J connectivity index is 2.79. The minimum Gasteiger partial charge on any atom is -0.226 e. The predicted molar refractivity (Wildman–Crippen MR) is 64.2 cm³/mol. The van der Waals surface area contributed by atoms with Crippen molar-refractivity contribution in [2.75, 3.05) is 0 Å². The molecule has 102 valence electrons. The van der Waals surface area contributed by atoms with E-state index in [0.29, 0.717) is 5.56 Å². The number of fused-ring (bicyclic) bond motifs is 1. The maximum Gasteiger partial charge on any atom is 0.365 e. The summed E-state index contributed by atoms with van der Waals surface area (Å²) in [4.78, 5) is 6.72. The highest BCUT2D eigenvalue weighted by atomic mass is 35.5.